The number of hydrazone groups is 1. The highest BCUT2D eigenvalue weighted by Crippen LogP contribution is 2.28. The van der Waals surface area contributed by atoms with Gasteiger partial charge in [-0.3, -0.25) is 18.5 Å². The van der Waals surface area contributed by atoms with Crippen LogP contribution in [0.25, 0.3) is 11.2 Å². The standard InChI is InChI=1S/C19H22N6O2/c1-11-6-8-14(9-7-11)10-24-17(26)15-16(22(4)19(24)27)20-18-23(5)21-12(2)13(3)25(15)18/h6-9,13H,10H2,1-5H3. The van der Waals surface area contributed by atoms with E-state index >= 15 is 0 Å². The summed E-state index contributed by atoms with van der Waals surface area (Å²) in [5, 5.41) is 6.09. The average Bonchev–Trinajstić information content (AvgIpc) is 3.05. The Kier molecular flexibility index (Phi) is 3.80. The van der Waals surface area contributed by atoms with Gasteiger partial charge in [0.1, 0.15) is 0 Å². The first kappa shape index (κ1) is 17.3. The van der Waals surface area contributed by atoms with Gasteiger partial charge in [-0.05, 0) is 26.3 Å². The van der Waals surface area contributed by atoms with Crippen LogP contribution in [0, 0.1) is 6.92 Å². The highest BCUT2D eigenvalue weighted by molar-refractivity contribution is 5.90. The minimum Gasteiger partial charge on any atom is -0.294 e. The summed E-state index contributed by atoms with van der Waals surface area (Å²) in [5.74, 6) is 0.559. The van der Waals surface area contributed by atoms with Gasteiger partial charge in [-0.2, -0.15) is 10.1 Å². The molecule has 4 rings (SSSR count). The number of hydrogen-bond donors (Lipinski definition) is 0. The molecule has 0 saturated heterocycles. The van der Waals surface area contributed by atoms with Gasteiger partial charge in [0.05, 0.1) is 18.3 Å². The molecule has 8 heteroatoms. The van der Waals surface area contributed by atoms with Crippen LogP contribution in [0.3, 0.4) is 0 Å². The maximum atomic E-state index is 13.3. The van der Waals surface area contributed by atoms with Crippen LogP contribution in [0.2, 0.25) is 0 Å². The van der Waals surface area contributed by atoms with Crippen molar-refractivity contribution in [2.45, 2.75) is 33.4 Å². The van der Waals surface area contributed by atoms with Crippen LogP contribution < -0.4 is 16.3 Å². The lowest BCUT2D eigenvalue weighted by Crippen LogP contribution is -2.40. The van der Waals surface area contributed by atoms with Crippen LogP contribution in [-0.2, 0) is 13.6 Å². The van der Waals surface area contributed by atoms with Gasteiger partial charge in [-0.15, -0.1) is 0 Å². The van der Waals surface area contributed by atoms with Gasteiger partial charge in [0.2, 0.25) is 5.95 Å². The largest absolute Gasteiger partial charge is 0.332 e. The summed E-state index contributed by atoms with van der Waals surface area (Å²) in [6.45, 7) is 6.12. The molecule has 1 aromatic carbocycles. The number of nitrogens with zero attached hydrogens (tertiary/aromatic N) is 6. The maximum absolute atomic E-state index is 13.3. The van der Waals surface area contributed by atoms with Crippen molar-refractivity contribution in [2.24, 2.45) is 12.1 Å². The Morgan fingerprint density at radius 3 is 2.41 bits per heavy atom. The van der Waals surface area contributed by atoms with Crippen LogP contribution in [0.4, 0.5) is 5.95 Å². The Labute approximate surface area is 156 Å². The van der Waals surface area contributed by atoms with Crippen molar-refractivity contribution in [1.29, 1.82) is 0 Å². The van der Waals surface area contributed by atoms with Crippen molar-refractivity contribution in [2.75, 3.05) is 12.1 Å². The highest BCUT2D eigenvalue weighted by Gasteiger charge is 2.29. The molecule has 0 spiro atoms. The van der Waals surface area contributed by atoms with E-state index in [1.807, 2.05) is 49.6 Å². The van der Waals surface area contributed by atoms with E-state index in [2.05, 4.69) is 10.1 Å². The fourth-order valence-corrected chi connectivity index (χ4v) is 3.49. The van der Waals surface area contributed by atoms with Gasteiger partial charge in [0.15, 0.2) is 11.2 Å². The molecule has 0 radical (unpaired) electrons. The summed E-state index contributed by atoms with van der Waals surface area (Å²) >= 11 is 0. The normalized spacial score (nSPS) is 16.6. The molecule has 1 aliphatic heterocycles. The molecule has 0 amide bonds. The zero-order chi connectivity index (χ0) is 19.5. The SMILES string of the molecule is CC1=NN(C)c2nc3c(c(=O)n(Cc4ccc(C)cc4)c(=O)n3C)n2C1C. The van der Waals surface area contributed by atoms with Crippen LogP contribution in [0.5, 0.6) is 0 Å². The van der Waals surface area contributed by atoms with Crippen LogP contribution in [-0.4, -0.2) is 31.4 Å². The van der Waals surface area contributed by atoms with E-state index in [0.717, 1.165) is 16.8 Å². The monoisotopic (exact) mass is 366 g/mol. The van der Waals surface area contributed by atoms with Crippen molar-refractivity contribution in [3.63, 3.8) is 0 Å². The molecule has 3 aromatic rings. The first-order valence-electron chi connectivity index (χ1n) is 8.85. The molecule has 0 bridgehead atoms. The number of rotatable bonds is 2. The summed E-state index contributed by atoms with van der Waals surface area (Å²) < 4.78 is 4.58. The molecule has 3 heterocycles. The quantitative estimate of drug-likeness (QED) is 0.691. The first-order valence-corrected chi connectivity index (χ1v) is 8.85. The zero-order valence-electron chi connectivity index (χ0n) is 16.1. The topological polar surface area (TPSA) is 77.4 Å². The minimum absolute atomic E-state index is 0.112. The second-order valence-corrected chi connectivity index (χ2v) is 7.11. The predicted molar refractivity (Wildman–Crippen MR) is 106 cm³/mol. The maximum Gasteiger partial charge on any atom is 0.332 e. The third-order valence-corrected chi connectivity index (χ3v) is 5.21. The van der Waals surface area contributed by atoms with Crippen molar-refractivity contribution >= 4 is 22.8 Å². The second kappa shape index (κ2) is 5.94. The van der Waals surface area contributed by atoms with Gasteiger partial charge >= 0.3 is 5.69 Å². The third kappa shape index (κ3) is 2.51. The second-order valence-electron chi connectivity index (χ2n) is 7.11. The van der Waals surface area contributed by atoms with Crippen molar-refractivity contribution in [3.8, 4) is 0 Å². The van der Waals surface area contributed by atoms with Crippen LogP contribution in [0.15, 0.2) is 39.0 Å². The summed E-state index contributed by atoms with van der Waals surface area (Å²) in [6.07, 6.45) is 0. The molecule has 27 heavy (non-hydrogen) atoms. The van der Waals surface area contributed by atoms with Crippen molar-refractivity contribution in [1.82, 2.24) is 18.7 Å². The molecular formula is C19H22N6O2. The highest BCUT2D eigenvalue weighted by atomic mass is 16.2. The average molecular weight is 366 g/mol. The van der Waals surface area contributed by atoms with E-state index in [1.54, 1.807) is 19.1 Å². The molecular weight excluding hydrogens is 344 g/mol. The first-order chi connectivity index (χ1) is 12.8. The molecule has 0 aliphatic carbocycles. The summed E-state index contributed by atoms with van der Waals surface area (Å²) in [4.78, 5) is 30.7. The third-order valence-electron chi connectivity index (χ3n) is 5.21. The molecule has 1 aliphatic rings. The smallest absolute Gasteiger partial charge is 0.294 e. The summed E-state index contributed by atoms with van der Waals surface area (Å²) in [5.41, 5.74) is 3.00. The van der Waals surface area contributed by atoms with E-state index < -0.39 is 0 Å². The van der Waals surface area contributed by atoms with Crippen LogP contribution >= 0.6 is 0 Å². The molecule has 1 unspecified atom stereocenters. The Hall–Kier alpha value is -3.16. The number of aromatic nitrogens is 4. The van der Waals surface area contributed by atoms with Gasteiger partial charge in [0.25, 0.3) is 5.56 Å². The fraction of sp³-hybridized carbons (Fsp3) is 0.368. The number of imidazole rings is 1. The Morgan fingerprint density at radius 1 is 1.07 bits per heavy atom. The van der Waals surface area contributed by atoms with E-state index in [9.17, 15) is 9.59 Å². The van der Waals surface area contributed by atoms with Crippen molar-refractivity contribution < 1.29 is 0 Å². The number of aryl methyl sites for hydroxylation is 2. The summed E-state index contributed by atoms with van der Waals surface area (Å²) in [6, 6.07) is 7.70. The number of benzene rings is 1. The molecule has 2 aromatic heterocycles. The molecule has 0 N–H and O–H groups in total. The van der Waals surface area contributed by atoms with Gasteiger partial charge in [-0.1, -0.05) is 29.8 Å². The molecule has 8 nitrogen and oxygen atoms in total. The van der Waals surface area contributed by atoms with Crippen molar-refractivity contribution in [3.05, 3.63) is 56.2 Å². The summed E-state index contributed by atoms with van der Waals surface area (Å²) in [7, 11) is 3.43. The van der Waals surface area contributed by atoms with E-state index in [4.69, 9.17) is 0 Å². The van der Waals surface area contributed by atoms with Gasteiger partial charge < -0.3 is 0 Å². The van der Waals surface area contributed by atoms with Gasteiger partial charge in [-0.25, -0.2) is 9.80 Å². The lowest BCUT2D eigenvalue weighted by Gasteiger charge is -2.26. The number of fused-ring (bicyclic) bond motifs is 3. The molecule has 1 atom stereocenters. The number of hydrogen-bond acceptors (Lipinski definition) is 5. The Bertz CT molecular complexity index is 1200. The molecule has 140 valence electrons. The molecule has 0 saturated carbocycles. The van der Waals surface area contributed by atoms with Crippen LogP contribution in [0.1, 0.15) is 31.0 Å². The fourth-order valence-electron chi connectivity index (χ4n) is 3.49. The van der Waals surface area contributed by atoms with E-state index in [-0.39, 0.29) is 23.8 Å². The lowest BCUT2D eigenvalue weighted by atomic mass is 10.1. The Balaban J connectivity index is 1.99. The van der Waals surface area contributed by atoms with Gasteiger partial charge in [0, 0.05) is 14.1 Å². The predicted octanol–water partition coefficient (Wildman–Crippen LogP) is 1.64. The molecule has 0 fully saturated rings. The van der Waals surface area contributed by atoms with E-state index in [1.165, 1.54) is 9.13 Å². The lowest BCUT2D eigenvalue weighted by molar-refractivity contribution is 0.638. The number of anilines is 1. The van der Waals surface area contributed by atoms with E-state index in [0.29, 0.717) is 17.1 Å². The zero-order valence-corrected chi connectivity index (χ0v) is 16.1. The Morgan fingerprint density at radius 2 is 1.74 bits per heavy atom. The minimum atomic E-state index is -0.378.